The molecular formula is C24H27N5O3. The summed E-state index contributed by atoms with van der Waals surface area (Å²) < 4.78 is 14.0. The van der Waals surface area contributed by atoms with Gasteiger partial charge in [0.1, 0.15) is 29.0 Å². The zero-order valence-electron chi connectivity index (χ0n) is 18.1. The highest BCUT2D eigenvalue weighted by atomic mass is 16.5. The van der Waals surface area contributed by atoms with Gasteiger partial charge in [0, 0.05) is 37.4 Å². The number of hydrogen-bond acceptors (Lipinski definition) is 7. The fourth-order valence-electron chi connectivity index (χ4n) is 4.13. The van der Waals surface area contributed by atoms with Crippen LogP contribution in [0.4, 0.5) is 0 Å². The molecule has 32 heavy (non-hydrogen) atoms. The molecule has 8 nitrogen and oxygen atoms in total. The Morgan fingerprint density at radius 1 is 1.12 bits per heavy atom. The Bertz CT molecular complexity index is 1300. The van der Waals surface area contributed by atoms with Crippen molar-refractivity contribution in [3.63, 3.8) is 0 Å². The molecule has 0 atom stereocenters. The van der Waals surface area contributed by atoms with Crippen LogP contribution >= 0.6 is 0 Å². The van der Waals surface area contributed by atoms with Crippen LogP contribution in [0.3, 0.4) is 0 Å². The molecule has 8 heteroatoms. The van der Waals surface area contributed by atoms with E-state index in [0.29, 0.717) is 34.4 Å². The average molecular weight is 434 g/mol. The third-order valence-corrected chi connectivity index (χ3v) is 5.98. The number of likely N-dealkylation sites (N-methyl/N-ethyl adjacent to an activating group) is 1. The van der Waals surface area contributed by atoms with Crippen molar-refractivity contribution in [1.82, 2.24) is 19.2 Å². The molecule has 0 amide bonds. The lowest BCUT2D eigenvalue weighted by atomic mass is 10.2. The normalized spacial score (nSPS) is 16.6. The van der Waals surface area contributed by atoms with Crippen LogP contribution in [-0.4, -0.2) is 70.8 Å². The maximum atomic E-state index is 9.64. The Labute approximate surface area is 186 Å². The lowest BCUT2D eigenvalue weighted by Gasteiger charge is -2.20. The summed E-state index contributed by atoms with van der Waals surface area (Å²) >= 11 is 0. The predicted octanol–water partition coefficient (Wildman–Crippen LogP) is 3.05. The molecule has 0 radical (unpaired) electrons. The Hall–Kier alpha value is -3.36. The van der Waals surface area contributed by atoms with E-state index in [4.69, 9.17) is 9.15 Å². The van der Waals surface area contributed by atoms with Gasteiger partial charge in [-0.1, -0.05) is 5.16 Å². The summed E-state index contributed by atoms with van der Waals surface area (Å²) in [5.74, 6) is 1.26. The smallest absolute Gasteiger partial charge is 0.155 e. The second kappa shape index (κ2) is 9.02. The second-order valence-corrected chi connectivity index (χ2v) is 8.22. The molecule has 1 fully saturated rings. The molecule has 1 aromatic carbocycles. The summed E-state index contributed by atoms with van der Waals surface area (Å²) in [6.45, 7) is 5.90. The van der Waals surface area contributed by atoms with Gasteiger partial charge in [0.2, 0.25) is 0 Å². The van der Waals surface area contributed by atoms with Crippen molar-refractivity contribution in [2.45, 2.75) is 6.42 Å². The first-order chi connectivity index (χ1) is 15.7. The van der Waals surface area contributed by atoms with Gasteiger partial charge in [-0.15, -0.1) is 0 Å². The van der Waals surface area contributed by atoms with E-state index in [1.54, 1.807) is 12.4 Å². The molecule has 0 bridgehead atoms. The second-order valence-electron chi connectivity index (χ2n) is 8.22. The molecule has 5 rings (SSSR count). The van der Waals surface area contributed by atoms with Crippen LogP contribution in [0.25, 0.3) is 27.9 Å². The van der Waals surface area contributed by atoms with Crippen molar-refractivity contribution in [3.05, 3.63) is 60.3 Å². The van der Waals surface area contributed by atoms with Gasteiger partial charge >= 0.3 is 0 Å². The van der Waals surface area contributed by atoms with Crippen molar-refractivity contribution < 1.29 is 14.4 Å². The number of fused-ring (bicyclic) bond motifs is 2. The van der Waals surface area contributed by atoms with E-state index in [-0.39, 0.29) is 0 Å². The molecule has 4 aromatic rings. The molecule has 166 valence electrons. The van der Waals surface area contributed by atoms with Crippen LogP contribution in [0.2, 0.25) is 0 Å². The zero-order chi connectivity index (χ0) is 21.9. The minimum absolute atomic E-state index is 0.416. The first kappa shape index (κ1) is 20.5. The van der Waals surface area contributed by atoms with Crippen LogP contribution in [0.1, 0.15) is 6.42 Å². The highest BCUT2D eigenvalue weighted by Crippen LogP contribution is 2.24. The first-order valence-electron chi connectivity index (χ1n) is 10.9. The molecule has 0 unspecified atom stereocenters. The highest BCUT2D eigenvalue weighted by molar-refractivity contribution is 5.80. The lowest BCUT2D eigenvalue weighted by molar-refractivity contribution is 0.213. The van der Waals surface area contributed by atoms with Crippen molar-refractivity contribution in [3.8, 4) is 17.2 Å². The summed E-state index contributed by atoms with van der Waals surface area (Å²) in [5, 5.41) is 14.2. The van der Waals surface area contributed by atoms with Crippen LogP contribution in [-0.2, 0) is 0 Å². The summed E-state index contributed by atoms with van der Waals surface area (Å²) in [6.07, 6.45) is 4.86. The molecule has 1 aliphatic rings. The largest absolute Gasteiger partial charge is 0.492 e. The monoisotopic (exact) mass is 433 g/mol. The van der Waals surface area contributed by atoms with Gasteiger partial charge in [0.05, 0.1) is 11.7 Å². The van der Waals surface area contributed by atoms with Crippen molar-refractivity contribution in [1.29, 1.82) is 0 Å². The highest BCUT2D eigenvalue weighted by Gasteiger charge is 2.13. The molecule has 1 aliphatic heterocycles. The number of aromatic nitrogens is 2. The predicted molar refractivity (Wildman–Crippen MR) is 122 cm³/mol. The van der Waals surface area contributed by atoms with Gasteiger partial charge in [0.25, 0.3) is 0 Å². The third kappa shape index (κ3) is 4.32. The van der Waals surface area contributed by atoms with E-state index < -0.39 is 0 Å². The number of nitrogens with zero attached hydrogens (tertiary/aromatic N) is 5. The molecule has 4 heterocycles. The molecule has 1 N–H and O–H groups in total. The number of ether oxygens (including phenoxy) is 1. The fraction of sp³-hybridized carbons (Fsp3) is 0.333. The van der Waals surface area contributed by atoms with Crippen molar-refractivity contribution in [2.75, 3.05) is 46.4 Å². The Morgan fingerprint density at radius 2 is 2.06 bits per heavy atom. The standard InChI is InChI=1S/C24H27N5O3/c1-27-7-3-8-28(11-10-27)12-13-31-19-5-6-23-20(15-19)21(26-30)16-24(32-23)22-14-18-4-2-9-29(18)17-25-22/h2,4-6,9,14-17,30H,3,7-8,10-13H2,1H3/b26-21-. The Morgan fingerprint density at radius 3 is 2.97 bits per heavy atom. The molecule has 3 aromatic heterocycles. The van der Waals surface area contributed by atoms with E-state index in [9.17, 15) is 5.21 Å². The van der Waals surface area contributed by atoms with E-state index in [0.717, 1.165) is 44.0 Å². The van der Waals surface area contributed by atoms with Gasteiger partial charge < -0.3 is 23.7 Å². The van der Waals surface area contributed by atoms with E-state index in [2.05, 4.69) is 27.0 Å². The van der Waals surface area contributed by atoms with Crippen LogP contribution < -0.4 is 10.1 Å². The lowest BCUT2D eigenvalue weighted by Crippen LogP contribution is -2.32. The van der Waals surface area contributed by atoms with Gasteiger partial charge in [-0.25, -0.2) is 4.98 Å². The number of rotatable bonds is 5. The Balaban J connectivity index is 1.35. The maximum Gasteiger partial charge on any atom is 0.155 e. The minimum Gasteiger partial charge on any atom is -0.492 e. The minimum atomic E-state index is 0.416. The SMILES string of the molecule is CN1CCCN(CCOc2ccc3oc(-c4cc5cccn5cn4)c/c(=N/O)c3c2)CC1. The van der Waals surface area contributed by atoms with Gasteiger partial charge in [-0.05, 0) is 63.0 Å². The van der Waals surface area contributed by atoms with Crippen LogP contribution in [0, 0.1) is 0 Å². The van der Waals surface area contributed by atoms with Crippen molar-refractivity contribution in [2.24, 2.45) is 5.16 Å². The zero-order valence-corrected chi connectivity index (χ0v) is 18.1. The third-order valence-electron chi connectivity index (χ3n) is 5.98. The molecule has 0 aliphatic carbocycles. The van der Waals surface area contributed by atoms with Crippen LogP contribution in [0.5, 0.6) is 5.75 Å². The van der Waals surface area contributed by atoms with E-state index >= 15 is 0 Å². The Kier molecular flexibility index (Phi) is 5.79. The van der Waals surface area contributed by atoms with Gasteiger partial charge in [0.15, 0.2) is 5.76 Å². The molecule has 1 saturated heterocycles. The fourth-order valence-corrected chi connectivity index (χ4v) is 4.13. The molecular weight excluding hydrogens is 406 g/mol. The quantitative estimate of drug-likeness (QED) is 0.385. The van der Waals surface area contributed by atoms with Gasteiger partial charge in [-0.2, -0.15) is 0 Å². The summed E-state index contributed by atoms with van der Waals surface area (Å²) in [5.41, 5.74) is 2.29. The maximum absolute atomic E-state index is 9.64. The van der Waals surface area contributed by atoms with E-state index in [1.165, 1.54) is 6.42 Å². The molecule has 0 spiro atoms. The summed E-state index contributed by atoms with van der Waals surface area (Å²) in [6, 6.07) is 13.2. The van der Waals surface area contributed by atoms with E-state index in [1.807, 2.05) is 47.0 Å². The van der Waals surface area contributed by atoms with Gasteiger partial charge in [-0.3, -0.25) is 4.90 Å². The summed E-state index contributed by atoms with van der Waals surface area (Å²) in [7, 11) is 2.17. The number of hydrogen-bond donors (Lipinski definition) is 1. The summed E-state index contributed by atoms with van der Waals surface area (Å²) in [4.78, 5) is 9.27. The molecule has 0 saturated carbocycles. The van der Waals surface area contributed by atoms with Crippen LogP contribution in [0.15, 0.2) is 64.6 Å². The topological polar surface area (TPSA) is 78.7 Å². The number of benzene rings is 1. The average Bonchev–Trinajstić information content (AvgIpc) is 3.19. The van der Waals surface area contributed by atoms with Crippen molar-refractivity contribution >= 4 is 16.5 Å². The first-order valence-corrected chi connectivity index (χ1v) is 10.9.